The van der Waals surface area contributed by atoms with Gasteiger partial charge in [-0.3, -0.25) is 14.9 Å². The zero-order chi connectivity index (χ0) is 14.8. The average Bonchev–Trinajstić information content (AvgIpc) is 3.03. The number of amides is 2. The van der Waals surface area contributed by atoms with Crippen LogP contribution in [-0.4, -0.2) is 33.7 Å². The number of benzene rings is 1. The number of para-hydroxylation sites is 2. The predicted molar refractivity (Wildman–Crippen MR) is 73.9 cm³/mol. The molecule has 2 heterocycles. The Morgan fingerprint density at radius 2 is 2.29 bits per heavy atom. The van der Waals surface area contributed by atoms with Gasteiger partial charge in [-0.15, -0.1) is 0 Å². The van der Waals surface area contributed by atoms with Crippen molar-refractivity contribution in [2.24, 2.45) is 0 Å². The maximum absolute atomic E-state index is 12.1. The standard InChI is InChI=1S/C13H13N5O3/c1-21-10-5-3-2-4-8(10)16-11(19)6-9-12(20)17-13-14-7-15-18(9)13/h2-5,7,9H,6H2,1H3,(H,16,19)(H,14,15,17,20)/t9-/m1/s1. The van der Waals surface area contributed by atoms with Gasteiger partial charge in [0.1, 0.15) is 18.1 Å². The summed E-state index contributed by atoms with van der Waals surface area (Å²) in [5.74, 6) is 0.321. The van der Waals surface area contributed by atoms with Crippen LogP contribution in [0.1, 0.15) is 12.5 Å². The highest BCUT2D eigenvalue weighted by Gasteiger charge is 2.33. The zero-order valence-corrected chi connectivity index (χ0v) is 11.2. The van der Waals surface area contributed by atoms with Crippen LogP contribution in [0, 0.1) is 0 Å². The van der Waals surface area contributed by atoms with Crippen molar-refractivity contribution in [2.45, 2.75) is 12.5 Å². The Labute approximate surface area is 120 Å². The van der Waals surface area contributed by atoms with Gasteiger partial charge in [-0.05, 0) is 12.1 Å². The van der Waals surface area contributed by atoms with E-state index in [1.54, 1.807) is 24.3 Å². The lowest BCUT2D eigenvalue weighted by molar-refractivity contribution is -0.123. The van der Waals surface area contributed by atoms with Crippen LogP contribution in [0.2, 0.25) is 0 Å². The lowest BCUT2D eigenvalue weighted by atomic mass is 10.2. The van der Waals surface area contributed by atoms with E-state index in [-0.39, 0.29) is 18.2 Å². The number of fused-ring (bicyclic) bond motifs is 1. The zero-order valence-electron chi connectivity index (χ0n) is 11.2. The molecule has 2 N–H and O–H groups in total. The van der Waals surface area contributed by atoms with E-state index in [0.717, 1.165) is 0 Å². The van der Waals surface area contributed by atoms with Crippen molar-refractivity contribution in [1.82, 2.24) is 14.8 Å². The molecule has 0 saturated heterocycles. The van der Waals surface area contributed by atoms with Crippen LogP contribution in [0.25, 0.3) is 0 Å². The maximum atomic E-state index is 12.1. The number of carbonyl (C=O) groups is 2. The molecule has 3 rings (SSSR count). The van der Waals surface area contributed by atoms with Gasteiger partial charge in [0.2, 0.25) is 11.9 Å². The lowest BCUT2D eigenvalue weighted by Gasteiger charge is -2.12. The number of hydrogen-bond acceptors (Lipinski definition) is 5. The normalized spacial score (nSPS) is 16.2. The topological polar surface area (TPSA) is 98.1 Å². The Bertz CT molecular complexity index is 697. The molecular formula is C13H13N5O3. The van der Waals surface area contributed by atoms with Crippen LogP contribution in [0.15, 0.2) is 30.6 Å². The molecule has 0 bridgehead atoms. The Morgan fingerprint density at radius 1 is 1.48 bits per heavy atom. The molecule has 2 amide bonds. The first-order valence-corrected chi connectivity index (χ1v) is 6.32. The van der Waals surface area contributed by atoms with E-state index in [0.29, 0.717) is 17.4 Å². The van der Waals surface area contributed by atoms with Gasteiger partial charge in [-0.2, -0.15) is 10.1 Å². The van der Waals surface area contributed by atoms with E-state index in [2.05, 4.69) is 20.7 Å². The molecule has 0 spiro atoms. The number of methoxy groups -OCH3 is 1. The van der Waals surface area contributed by atoms with E-state index in [9.17, 15) is 9.59 Å². The number of anilines is 2. The molecule has 0 radical (unpaired) electrons. The molecular weight excluding hydrogens is 274 g/mol. The van der Waals surface area contributed by atoms with E-state index < -0.39 is 6.04 Å². The molecule has 0 fully saturated rings. The van der Waals surface area contributed by atoms with Gasteiger partial charge in [-0.25, -0.2) is 4.68 Å². The number of nitrogens with zero attached hydrogens (tertiary/aromatic N) is 3. The third-order valence-corrected chi connectivity index (χ3v) is 3.17. The van der Waals surface area contributed by atoms with Crippen LogP contribution >= 0.6 is 0 Å². The largest absolute Gasteiger partial charge is 0.495 e. The third-order valence-electron chi connectivity index (χ3n) is 3.17. The fourth-order valence-electron chi connectivity index (χ4n) is 2.18. The van der Waals surface area contributed by atoms with Gasteiger partial charge in [0.25, 0.3) is 5.91 Å². The SMILES string of the molecule is COc1ccccc1NC(=O)C[C@@H]1C(=O)Nc2ncnn21. The number of aromatic nitrogens is 3. The Kier molecular flexibility index (Phi) is 3.27. The summed E-state index contributed by atoms with van der Waals surface area (Å²) in [6.45, 7) is 0. The van der Waals surface area contributed by atoms with Gasteiger partial charge in [0, 0.05) is 0 Å². The molecule has 21 heavy (non-hydrogen) atoms. The molecule has 2 aromatic rings. The van der Waals surface area contributed by atoms with Crippen molar-refractivity contribution in [2.75, 3.05) is 17.7 Å². The van der Waals surface area contributed by atoms with Crippen LogP contribution in [0.5, 0.6) is 5.75 Å². The first-order chi connectivity index (χ1) is 10.2. The monoisotopic (exact) mass is 287 g/mol. The number of nitrogens with one attached hydrogen (secondary N) is 2. The fourth-order valence-corrected chi connectivity index (χ4v) is 2.18. The summed E-state index contributed by atoms with van der Waals surface area (Å²) in [6.07, 6.45) is 1.31. The molecule has 1 aliphatic heterocycles. The Hall–Kier alpha value is -2.90. The van der Waals surface area contributed by atoms with Crippen molar-refractivity contribution in [3.05, 3.63) is 30.6 Å². The first kappa shape index (κ1) is 13.1. The van der Waals surface area contributed by atoms with E-state index in [1.165, 1.54) is 18.1 Å². The highest BCUT2D eigenvalue weighted by Crippen LogP contribution is 2.26. The minimum Gasteiger partial charge on any atom is -0.495 e. The van der Waals surface area contributed by atoms with Crippen molar-refractivity contribution in [3.8, 4) is 5.75 Å². The second-order valence-electron chi connectivity index (χ2n) is 4.49. The van der Waals surface area contributed by atoms with Gasteiger partial charge in [0.05, 0.1) is 19.2 Å². The summed E-state index contributed by atoms with van der Waals surface area (Å²) >= 11 is 0. The lowest BCUT2D eigenvalue weighted by Crippen LogP contribution is -2.23. The summed E-state index contributed by atoms with van der Waals surface area (Å²) in [5, 5.41) is 9.23. The summed E-state index contributed by atoms with van der Waals surface area (Å²) in [5.41, 5.74) is 0.558. The van der Waals surface area contributed by atoms with Gasteiger partial charge in [0.15, 0.2) is 0 Å². The maximum Gasteiger partial charge on any atom is 0.252 e. The highest BCUT2D eigenvalue weighted by atomic mass is 16.5. The molecule has 0 unspecified atom stereocenters. The van der Waals surface area contributed by atoms with E-state index >= 15 is 0 Å². The summed E-state index contributed by atoms with van der Waals surface area (Å²) in [6, 6.07) is 6.38. The number of ether oxygens (including phenoxy) is 1. The molecule has 0 saturated carbocycles. The Balaban J connectivity index is 1.71. The smallest absolute Gasteiger partial charge is 0.252 e. The van der Waals surface area contributed by atoms with Crippen molar-refractivity contribution in [3.63, 3.8) is 0 Å². The van der Waals surface area contributed by atoms with Gasteiger partial charge >= 0.3 is 0 Å². The first-order valence-electron chi connectivity index (χ1n) is 6.32. The second kappa shape index (κ2) is 5.23. The summed E-state index contributed by atoms with van der Waals surface area (Å²) in [7, 11) is 1.52. The number of rotatable bonds is 4. The summed E-state index contributed by atoms with van der Waals surface area (Å²) in [4.78, 5) is 27.8. The average molecular weight is 287 g/mol. The molecule has 1 aliphatic rings. The molecule has 1 atom stereocenters. The number of hydrogen-bond donors (Lipinski definition) is 2. The molecule has 1 aromatic heterocycles. The van der Waals surface area contributed by atoms with Crippen LogP contribution in [0.4, 0.5) is 11.6 Å². The van der Waals surface area contributed by atoms with Crippen molar-refractivity contribution in [1.29, 1.82) is 0 Å². The van der Waals surface area contributed by atoms with Crippen LogP contribution in [-0.2, 0) is 9.59 Å². The third kappa shape index (κ3) is 2.42. The van der Waals surface area contributed by atoms with Gasteiger partial charge < -0.3 is 10.1 Å². The fraction of sp³-hybridized carbons (Fsp3) is 0.231. The number of carbonyl (C=O) groups excluding carboxylic acids is 2. The molecule has 1 aromatic carbocycles. The Morgan fingerprint density at radius 3 is 3.10 bits per heavy atom. The molecule has 108 valence electrons. The van der Waals surface area contributed by atoms with Crippen molar-refractivity contribution >= 4 is 23.5 Å². The van der Waals surface area contributed by atoms with Crippen LogP contribution in [0.3, 0.4) is 0 Å². The highest BCUT2D eigenvalue weighted by molar-refractivity contribution is 6.01. The van der Waals surface area contributed by atoms with E-state index in [4.69, 9.17) is 4.74 Å². The van der Waals surface area contributed by atoms with Crippen molar-refractivity contribution < 1.29 is 14.3 Å². The predicted octanol–water partition coefficient (Wildman–Crippen LogP) is 0.809. The minimum absolute atomic E-state index is 0.0275. The summed E-state index contributed by atoms with van der Waals surface area (Å²) < 4.78 is 6.57. The van der Waals surface area contributed by atoms with Gasteiger partial charge in [-0.1, -0.05) is 12.1 Å². The van der Waals surface area contributed by atoms with E-state index in [1.807, 2.05) is 0 Å². The second-order valence-corrected chi connectivity index (χ2v) is 4.49. The van der Waals surface area contributed by atoms with Crippen LogP contribution < -0.4 is 15.4 Å². The molecule has 0 aliphatic carbocycles. The molecule has 8 nitrogen and oxygen atoms in total. The molecule has 8 heteroatoms. The quantitative estimate of drug-likeness (QED) is 0.867. The minimum atomic E-state index is -0.683.